The molecule has 1 atom stereocenters. The lowest BCUT2D eigenvalue weighted by Gasteiger charge is -2.41. The van der Waals surface area contributed by atoms with E-state index in [9.17, 15) is 5.11 Å². The van der Waals surface area contributed by atoms with E-state index in [0.717, 1.165) is 31.7 Å². The predicted octanol–water partition coefficient (Wildman–Crippen LogP) is 1.67. The SMILES string of the molecule is CCC(NCC1(CO)COC1)c1ccc2c(c1)CCO2. The van der Waals surface area contributed by atoms with Crippen LogP contribution in [0.3, 0.4) is 0 Å². The van der Waals surface area contributed by atoms with Gasteiger partial charge in [0.15, 0.2) is 0 Å². The molecule has 4 nitrogen and oxygen atoms in total. The molecule has 1 saturated heterocycles. The van der Waals surface area contributed by atoms with E-state index in [-0.39, 0.29) is 12.0 Å². The van der Waals surface area contributed by atoms with Crippen LogP contribution in [0.25, 0.3) is 0 Å². The first-order valence-corrected chi connectivity index (χ1v) is 7.44. The third-order valence-electron chi connectivity index (χ3n) is 4.40. The molecular formula is C16H23NO3. The first-order valence-electron chi connectivity index (χ1n) is 7.44. The highest BCUT2D eigenvalue weighted by atomic mass is 16.5. The lowest BCUT2D eigenvalue weighted by atomic mass is 9.86. The molecule has 0 aliphatic carbocycles. The number of rotatable bonds is 6. The van der Waals surface area contributed by atoms with Crippen LogP contribution in [-0.2, 0) is 11.2 Å². The fourth-order valence-corrected chi connectivity index (χ4v) is 2.90. The van der Waals surface area contributed by atoms with Gasteiger partial charge < -0.3 is 19.9 Å². The Morgan fingerprint density at radius 3 is 2.90 bits per heavy atom. The Labute approximate surface area is 120 Å². The second kappa shape index (κ2) is 5.72. The van der Waals surface area contributed by atoms with Crippen LogP contribution >= 0.6 is 0 Å². The molecule has 0 aromatic heterocycles. The lowest BCUT2D eigenvalue weighted by molar-refractivity contribution is -0.135. The normalized spacial score (nSPS) is 20.9. The first kappa shape index (κ1) is 13.9. The fraction of sp³-hybridized carbons (Fsp3) is 0.625. The average molecular weight is 277 g/mol. The summed E-state index contributed by atoms with van der Waals surface area (Å²) in [4.78, 5) is 0. The number of hydrogen-bond acceptors (Lipinski definition) is 4. The number of nitrogens with one attached hydrogen (secondary N) is 1. The van der Waals surface area contributed by atoms with Crippen LogP contribution in [0.15, 0.2) is 18.2 Å². The molecule has 4 heteroatoms. The molecule has 1 aromatic carbocycles. The summed E-state index contributed by atoms with van der Waals surface area (Å²) >= 11 is 0. The second-order valence-corrected chi connectivity index (χ2v) is 5.96. The summed E-state index contributed by atoms with van der Waals surface area (Å²) in [6.45, 7) is 5.29. The molecule has 2 aliphatic rings. The molecule has 1 fully saturated rings. The van der Waals surface area contributed by atoms with Crippen molar-refractivity contribution in [2.45, 2.75) is 25.8 Å². The summed E-state index contributed by atoms with van der Waals surface area (Å²) < 4.78 is 10.8. The van der Waals surface area contributed by atoms with Crippen LogP contribution in [0.4, 0.5) is 0 Å². The van der Waals surface area contributed by atoms with E-state index >= 15 is 0 Å². The van der Waals surface area contributed by atoms with Crippen LogP contribution < -0.4 is 10.1 Å². The van der Waals surface area contributed by atoms with Crippen LogP contribution in [0.2, 0.25) is 0 Å². The minimum atomic E-state index is -0.0761. The lowest BCUT2D eigenvalue weighted by Crippen LogP contribution is -2.52. The molecule has 0 saturated carbocycles. The molecule has 2 heterocycles. The topological polar surface area (TPSA) is 50.7 Å². The highest BCUT2D eigenvalue weighted by molar-refractivity contribution is 5.40. The number of aliphatic hydroxyl groups excluding tert-OH is 1. The minimum absolute atomic E-state index is 0.0761. The average Bonchev–Trinajstić information content (AvgIpc) is 2.89. The van der Waals surface area contributed by atoms with Gasteiger partial charge in [0.25, 0.3) is 0 Å². The summed E-state index contributed by atoms with van der Waals surface area (Å²) in [5, 5.41) is 13.1. The van der Waals surface area contributed by atoms with Crippen molar-refractivity contribution in [2.24, 2.45) is 5.41 Å². The Morgan fingerprint density at radius 1 is 1.40 bits per heavy atom. The smallest absolute Gasteiger partial charge is 0.122 e. The molecule has 1 aromatic rings. The van der Waals surface area contributed by atoms with Crippen molar-refractivity contribution in [3.05, 3.63) is 29.3 Å². The zero-order chi connectivity index (χ0) is 14.0. The Kier molecular flexibility index (Phi) is 3.96. The second-order valence-electron chi connectivity index (χ2n) is 5.96. The van der Waals surface area contributed by atoms with Crippen molar-refractivity contribution >= 4 is 0 Å². The van der Waals surface area contributed by atoms with Crippen molar-refractivity contribution in [2.75, 3.05) is 33.0 Å². The zero-order valence-electron chi connectivity index (χ0n) is 12.0. The van der Waals surface area contributed by atoms with Gasteiger partial charge >= 0.3 is 0 Å². The summed E-state index contributed by atoms with van der Waals surface area (Å²) in [6, 6.07) is 6.81. The molecular weight excluding hydrogens is 254 g/mol. The number of hydrogen-bond donors (Lipinski definition) is 2. The number of ether oxygens (including phenoxy) is 2. The fourth-order valence-electron chi connectivity index (χ4n) is 2.90. The molecule has 0 bridgehead atoms. The Hall–Kier alpha value is -1.10. The Bertz CT molecular complexity index is 465. The summed E-state index contributed by atoms with van der Waals surface area (Å²) in [7, 11) is 0. The van der Waals surface area contributed by atoms with Crippen LogP contribution in [0.5, 0.6) is 5.75 Å². The minimum Gasteiger partial charge on any atom is -0.493 e. The molecule has 3 rings (SSSR count). The third-order valence-corrected chi connectivity index (χ3v) is 4.40. The van der Waals surface area contributed by atoms with Crippen molar-refractivity contribution in [1.29, 1.82) is 0 Å². The van der Waals surface area contributed by atoms with Gasteiger partial charge in [-0.1, -0.05) is 19.1 Å². The number of fused-ring (bicyclic) bond motifs is 1. The molecule has 20 heavy (non-hydrogen) atoms. The Morgan fingerprint density at radius 2 is 2.25 bits per heavy atom. The maximum atomic E-state index is 9.48. The molecule has 2 aliphatic heterocycles. The van der Waals surface area contributed by atoms with Crippen molar-refractivity contribution in [3.8, 4) is 5.75 Å². The zero-order valence-corrected chi connectivity index (χ0v) is 12.0. The van der Waals surface area contributed by atoms with Gasteiger partial charge in [-0.25, -0.2) is 0 Å². The number of benzene rings is 1. The van der Waals surface area contributed by atoms with Gasteiger partial charge in [-0.3, -0.25) is 0 Å². The summed E-state index contributed by atoms with van der Waals surface area (Å²) in [5.41, 5.74) is 2.55. The van der Waals surface area contributed by atoms with E-state index in [4.69, 9.17) is 9.47 Å². The highest BCUT2D eigenvalue weighted by Gasteiger charge is 2.38. The third kappa shape index (κ3) is 2.55. The largest absolute Gasteiger partial charge is 0.493 e. The van der Waals surface area contributed by atoms with Crippen molar-refractivity contribution < 1.29 is 14.6 Å². The summed E-state index contributed by atoms with van der Waals surface area (Å²) in [6.07, 6.45) is 2.04. The maximum absolute atomic E-state index is 9.48. The number of aliphatic hydroxyl groups is 1. The standard InChI is InChI=1S/C16H23NO3/c1-2-14(17-8-16(9-18)10-19-11-16)12-3-4-15-13(7-12)5-6-20-15/h3-4,7,14,17-18H,2,5-6,8-11H2,1H3. The molecule has 110 valence electrons. The van der Waals surface area contributed by atoms with E-state index in [1.165, 1.54) is 11.1 Å². The molecule has 0 radical (unpaired) electrons. The van der Waals surface area contributed by atoms with Gasteiger partial charge in [0.1, 0.15) is 5.75 Å². The maximum Gasteiger partial charge on any atom is 0.122 e. The van der Waals surface area contributed by atoms with Gasteiger partial charge in [0, 0.05) is 19.0 Å². The van der Waals surface area contributed by atoms with Gasteiger partial charge in [0.2, 0.25) is 0 Å². The van der Waals surface area contributed by atoms with Gasteiger partial charge in [-0.2, -0.15) is 0 Å². The molecule has 0 spiro atoms. The van der Waals surface area contributed by atoms with Crippen LogP contribution in [-0.4, -0.2) is 38.1 Å². The Balaban J connectivity index is 1.67. The predicted molar refractivity (Wildman–Crippen MR) is 77.0 cm³/mol. The summed E-state index contributed by atoms with van der Waals surface area (Å²) in [5.74, 6) is 1.03. The van der Waals surface area contributed by atoms with Crippen LogP contribution in [0.1, 0.15) is 30.5 Å². The van der Waals surface area contributed by atoms with Gasteiger partial charge in [0.05, 0.1) is 31.8 Å². The molecule has 0 amide bonds. The monoisotopic (exact) mass is 277 g/mol. The highest BCUT2D eigenvalue weighted by Crippen LogP contribution is 2.31. The quantitative estimate of drug-likeness (QED) is 0.830. The first-order chi connectivity index (χ1) is 9.76. The van der Waals surface area contributed by atoms with Crippen LogP contribution in [0, 0.1) is 5.41 Å². The van der Waals surface area contributed by atoms with E-state index < -0.39 is 0 Å². The van der Waals surface area contributed by atoms with Gasteiger partial charge in [-0.15, -0.1) is 0 Å². The van der Waals surface area contributed by atoms with E-state index in [2.05, 4.69) is 30.4 Å². The van der Waals surface area contributed by atoms with E-state index in [1.54, 1.807) is 0 Å². The van der Waals surface area contributed by atoms with E-state index in [1.807, 2.05) is 0 Å². The molecule has 2 N–H and O–H groups in total. The van der Waals surface area contributed by atoms with Crippen molar-refractivity contribution in [1.82, 2.24) is 5.32 Å². The molecule has 1 unspecified atom stereocenters. The van der Waals surface area contributed by atoms with Crippen molar-refractivity contribution in [3.63, 3.8) is 0 Å². The van der Waals surface area contributed by atoms with E-state index in [0.29, 0.717) is 19.3 Å². The van der Waals surface area contributed by atoms with Gasteiger partial charge in [-0.05, 0) is 23.6 Å².